The number of benzene rings is 3. The first kappa shape index (κ1) is 20.9. The maximum absolute atomic E-state index is 6.38. The zero-order valence-corrected chi connectivity index (χ0v) is 18.0. The molecule has 0 aliphatic rings. The van der Waals surface area contributed by atoms with E-state index >= 15 is 0 Å². The first-order chi connectivity index (χ1) is 13.5. The van der Waals surface area contributed by atoms with Crippen molar-refractivity contribution in [3.8, 4) is 11.5 Å². The molecule has 3 rings (SSSR count). The fraction of sp³-hybridized carbons (Fsp3) is 0.143. The zero-order chi connectivity index (χ0) is 20.1. The topological polar surface area (TPSA) is 30.5 Å². The maximum atomic E-state index is 6.38. The molecule has 0 unspecified atom stereocenters. The molecule has 146 valence electrons. The minimum Gasteiger partial charge on any atom is -0.497 e. The van der Waals surface area contributed by atoms with Crippen LogP contribution in [-0.4, -0.2) is 7.11 Å². The molecule has 0 radical (unpaired) electrons. The molecular formula is C21H17Cl4NO2. The quantitative estimate of drug-likeness (QED) is 0.399. The van der Waals surface area contributed by atoms with Gasteiger partial charge in [0.2, 0.25) is 0 Å². The lowest BCUT2D eigenvalue weighted by Gasteiger charge is -2.16. The van der Waals surface area contributed by atoms with Gasteiger partial charge in [-0.2, -0.15) is 0 Å². The molecule has 0 fully saturated rings. The van der Waals surface area contributed by atoms with Gasteiger partial charge in [-0.3, -0.25) is 0 Å². The zero-order valence-electron chi connectivity index (χ0n) is 14.9. The van der Waals surface area contributed by atoms with E-state index in [0.29, 0.717) is 32.4 Å². The second-order valence-electron chi connectivity index (χ2n) is 5.98. The molecule has 0 aliphatic carbocycles. The lowest BCUT2D eigenvalue weighted by Crippen LogP contribution is -2.05. The summed E-state index contributed by atoms with van der Waals surface area (Å²) in [6.07, 6.45) is 0. The summed E-state index contributed by atoms with van der Waals surface area (Å²) in [4.78, 5) is 0. The van der Waals surface area contributed by atoms with E-state index in [1.807, 2.05) is 36.4 Å². The molecule has 0 amide bonds. The van der Waals surface area contributed by atoms with E-state index in [1.165, 1.54) is 0 Å². The van der Waals surface area contributed by atoms with E-state index in [0.717, 1.165) is 22.6 Å². The SMILES string of the molecule is COc1ccc(NCc2cc(Cl)cc(Cl)c2OCc2ccc(Cl)cc2Cl)cc1. The molecule has 0 saturated heterocycles. The maximum Gasteiger partial charge on any atom is 0.143 e. The largest absolute Gasteiger partial charge is 0.497 e. The van der Waals surface area contributed by atoms with Crippen molar-refractivity contribution < 1.29 is 9.47 Å². The van der Waals surface area contributed by atoms with Crippen LogP contribution >= 0.6 is 46.4 Å². The van der Waals surface area contributed by atoms with Gasteiger partial charge in [0.1, 0.15) is 18.1 Å². The molecule has 0 bridgehead atoms. The Balaban J connectivity index is 1.76. The lowest BCUT2D eigenvalue weighted by atomic mass is 10.2. The average Bonchev–Trinajstić information content (AvgIpc) is 2.67. The Morgan fingerprint density at radius 1 is 0.786 bits per heavy atom. The highest BCUT2D eigenvalue weighted by Crippen LogP contribution is 2.34. The number of halogens is 4. The molecular weight excluding hydrogens is 440 g/mol. The minimum atomic E-state index is 0.257. The minimum absolute atomic E-state index is 0.257. The van der Waals surface area contributed by atoms with Gasteiger partial charge < -0.3 is 14.8 Å². The molecule has 28 heavy (non-hydrogen) atoms. The molecule has 0 saturated carbocycles. The number of ether oxygens (including phenoxy) is 2. The molecule has 7 heteroatoms. The Morgan fingerprint density at radius 3 is 2.18 bits per heavy atom. The van der Waals surface area contributed by atoms with Gasteiger partial charge in [-0.05, 0) is 48.5 Å². The monoisotopic (exact) mass is 455 g/mol. The Hall–Kier alpha value is -1.78. The molecule has 0 heterocycles. The second kappa shape index (κ2) is 9.62. The van der Waals surface area contributed by atoms with Crippen LogP contribution in [0.5, 0.6) is 11.5 Å². The van der Waals surface area contributed by atoms with E-state index < -0.39 is 0 Å². The summed E-state index contributed by atoms with van der Waals surface area (Å²) in [7, 11) is 1.63. The Kier molecular flexibility index (Phi) is 7.19. The van der Waals surface area contributed by atoms with Crippen LogP contribution < -0.4 is 14.8 Å². The van der Waals surface area contributed by atoms with E-state index in [2.05, 4.69) is 5.32 Å². The van der Waals surface area contributed by atoms with Crippen LogP contribution in [0.15, 0.2) is 54.6 Å². The van der Waals surface area contributed by atoms with Crippen LogP contribution in [0.3, 0.4) is 0 Å². The highest BCUT2D eigenvalue weighted by molar-refractivity contribution is 6.36. The Morgan fingerprint density at radius 2 is 1.50 bits per heavy atom. The highest BCUT2D eigenvalue weighted by Gasteiger charge is 2.12. The summed E-state index contributed by atoms with van der Waals surface area (Å²) in [5.41, 5.74) is 2.58. The Bertz CT molecular complexity index is 961. The molecule has 0 atom stereocenters. The third-order valence-corrected chi connectivity index (χ3v) is 5.13. The lowest BCUT2D eigenvalue weighted by molar-refractivity contribution is 0.303. The first-order valence-corrected chi connectivity index (χ1v) is 9.90. The molecule has 0 aromatic heterocycles. The second-order valence-corrected chi connectivity index (χ2v) is 7.67. The van der Waals surface area contributed by atoms with E-state index in [9.17, 15) is 0 Å². The molecule has 3 aromatic rings. The van der Waals surface area contributed by atoms with Crippen molar-refractivity contribution in [1.82, 2.24) is 0 Å². The van der Waals surface area contributed by atoms with Gasteiger partial charge in [-0.15, -0.1) is 0 Å². The van der Waals surface area contributed by atoms with Crippen molar-refractivity contribution in [2.24, 2.45) is 0 Å². The molecule has 3 nitrogen and oxygen atoms in total. The van der Waals surface area contributed by atoms with Crippen LogP contribution in [-0.2, 0) is 13.2 Å². The van der Waals surface area contributed by atoms with E-state index in [1.54, 1.807) is 25.3 Å². The van der Waals surface area contributed by atoms with Crippen molar-refractivity contribution in [3.63, 3.8) is 0 Å². The highest BCUT2D eigenvalue weighted by atomic mass is 35.5. The van der Waals surface area contributed by atoms with Gasteiger partial charge in [0.05, 0.1) is 12.1 Å². The number of rotatable bonds is 7. The number of hydrogen-bond acceptors (Lipinski definition) is 3. The summed E-state index contributed by atoms with van der Waals surface area (Å²) >= 11 is 24.7. The van der Waals surface area contributed by atoms with Crippen LogP contribution in [0.1, 0.15) is 11.1 Å². The fourth-order valence-electron chi connectivity index (χ4n) is 2.60. The van der Waals surface area contributed by atoms with Gasteiger partial charge in [-0.1, -0.05) is 52.5 Å². The molecule has 0 spiro atoms. The van der Waals surface area contributed by atoms with Crippen molar-refractivity contribution in [2.75, 3.05) is 12.4 Å². The van der Waals surface area contributed by atoms with Gasteiger partial charge in [-0.25, -0.2) is 0 Å². The van der Waals surface area contributed by atoms with Crippen LogP contribution in [0.2, 0.25) is 20.1 Å². The van der Waals surface area contributed by atoms with Gasteiger partial charge >= 0.3 is 0 Å². The summed E-state index contributed by atoms with van der Waals surface area (Å²) in [6.45, 7) is 0.739. The molecule has 3 aromatic carbocycles. The standard InChI is InChI=1S/C21H17Cl4NO2/c1-27-18-6-4-17(5-7-18)26-11-14-8-16(23)10-20(25)21(14)28-12-13-2-3-15(22)9-19(13)24/h2-10,26H,11-12H2,1H3. The van der Waals surface area contributed by atoms with Gasteiger partial charge in [0.15, 0.2) is 0 Å². The van der Waals surface area contributed by atoms with Crippen molar-refractivity contribution in [3.05, 3.63) is 85.8 Å². The van der Waals surface area contributed by atoms with Crippen molar-refractivity contribution in [1.29, 1.82) is 0 Å². The van der Waals surface area contributed by atoms with Crippen LogP contribution in [0.25, 0.3) is 0 Å². The number of nitrogens with one attached hydrogen (secondary N) is 1. The molecule has 1 N–H and O–H groups in total. The van der Waals surface area contributed by atoms with Crippen LogP contribution in [0.4, 0.5) is 5.69 Å². The third kappa shape index (κ3) is 5.39. The summed E-state index contributed by atoms with van der Waals surface area (Å²) in [5.74, 6) is 1.35. The third-order valence-electron chi connectivity index (χ3n) is 4.05. The fourth-order valence-corrected chi connectivity index (χ4v) is 3.65. The van der Waals surface area contributed by atoms with E-state index in [-0.39, 0.29) is 6.61 Å². The predicted octanol–water partition coefficient (Wildman–Crippen LogP) is 7.50. The normalized spacial score (nSPS) is 10.6. The van der Waals surface area contributed by atoms with Crippen molar-refractivity contribution >= 4 is 52.1 Å². The van der Waals surface area contributed by atoms with E-state index in [4.69, 9.17) is 55.9 Å². The smallest absolute Gasteiger partial charge is 0.143 e. The van der Waals surface area contributed by atoms with Gasteiger partial charge in [0.25, 0.3) is 0 Å². The van der Waals surface area contributed by atoms with Crippen molar-refractivity contribution in [2.45, 2.75) is 13.2 Å². The first-order valence-electron chi connectivity index (χ1n) is 8.39. The number of methoxy groups -OCH3 is 1. The summed E-state index contributed by atoms with van der Waals surface area (Å²) in [6, 6.07) is 16.4. The number of hydrogen-bond donors (Lipinski definition) is 1. The summed E-state index contributed by atoms with van der Waals surface area (Å²) < 4.78 is 11.1. The van der Waals surface area contributed by atoms with Crippen LogP contribution in [0, 0.1) is 0 Å². The van der Waals surface area contributed by atoms with Gasteiger partial charge in [0, 0.05) is 38.4 Å². The number of anilines is 1. The summed E-state index contributed by atoms with van der Waals surface area (Å²) in [5, 5.41) is 5.41. The average molecular weight is 457 g/mol. The Labute approximate surface area is 184 Å². The molecule has 0 aliphatic heterocycles. The predicted molar refractivity (Wildman–Crippen MR) is 118 cm³/mol.